The molecule has 0 saturated carbocycles. The summed E-state index contributed by atoms with van der Waals surface area (Å²) in [5.41, 5.74) is 0.935. The van der Waals surface area contributed by atoms with Gasteiger partial charge >= 0.3 is 0 Å². The summed E-state index contributed by atoms with van der Waals surface area (Å²) in [5, 5.41) is 9.95. The number of ether oxygens (including phenoxy) is 1. The Balaban J connectivity index is 1.78. The van der Waals surface area contributed by atoms with Gasteiger partial charge in [-0.25, -0.2) is 4.98 Å². The Kier molecular flexibility index (Phi) is 4.82. The molecule has 0 spiro atoms. The molecule has 6 nitrogen and oxygen atoms in total. The number of pyridine rings is 1. The summed E-state index contributed by atoms with van der Waals surface area (Å²) in [7, 11) is 0. The first-order chi connectivity index (χ1) is 11.6. The molecule has 3 heterocycles. The Bertz CT molecular complexity index is 875. The van der Waals surface area contributed by atoms with E-state index in [2.05, 4.69) is 20.5 Å². The van der Waals surface area contributed by atoms with Crippen molar-refractivity contribution >= 4 is 34.7 Å². The number of halogens is 1. The van der Waals surface area contributed by atoms with Gasteiger partial charge in [-0.3, -0.25) is 9.89 Å². The number of rotatable bonds is 5. The predicted octanol–water partition coefficient (Wildman–Crippen LogP) is 4.15. The fraction of sp³-hybridized carbons (Fsp3) is 0.188. The van der Waals surface area contributed by atoms with Gasteiger partial charge in [0.2, 0.25) is 5.88 Å². The molecule has 0 aliphatic carbocycles. The number of aromatic nitrogens is 3. The second kappa shape index (κ2) is 7.02. The zero-order valence-corrected chi connectivity index (χ0v) is 14.7. The highest BCUT2D eigenvalue weighted by Gasteiger charge is 2.16. The fourth-order valence-corrected chi connectivity index (χ4v) is 3.10. The van der Waals surface area contributed by atoms with E-state index in [0.29, 0.717) is 18.3 Å². The number of amides is 1. The number of nitrogens with one attached hydrogen (secondary N) is 2. The standard InChI is InChI=1S/C16H15ClN4O2S/c1-3-23-14-7-5-10(17)15(19-14)16(22)18-13-8-11(20-21-13)12-6-4-9(2)24-12/h4-8H,3H2,1-2H3,(H2,18,20,21,22). The summed E-state index contributed by atoms with van der Waals surface area (Å²) in [6.07, 6.45) is 0. The molecule has 3 rings (SSSR count). The third-order valence-electron chi connectivity index (χ3n) is 3.15. The Labute approximate surface area is 147 Å². The zero-order valence-electron chi connectivity index (χ0n) is 13.1. The molecule has 8 heteroatoms. The van der Waals surface area contributed by atoms with Crippen LogP contribution in [-0.2, 0) is 0 Å². The largest absolute Gasteiger partial charge is 0.478 e. The molecule has 3 aromatic heterocycles. The molecule has 0 aromatic carbocycles. The van der Waals surface area contributed by atoms with Gasteiger partial charge in [-0.1, -0.05) is 11.6 Å². The molecule has 0 aliphatic rings. The van der Waals surface area contributed by atoms with Crippen molar-refractivity contribution in [3.8, 4) is 16.5 Å². The van der Waals surface area contributed by atoms with Crippen LogP contribution in [0.15, 0.2) is 30.3 Å². The lowest BCUT2D eigenvalue weighted by Gasteiger charge is -2.06. The van der Waals surface area contributed by atoms with Crippen LogP contribution in [0.4, 0.5) is 5.82 Å². The number of hydrogen-bond donors (Lipinski definition) is 2. The molecule has 1 amide bonds. The average Bonchev–Trinajstić information content (AvgIpc) is 3.18. The lowest BCUT2D eigenvalue weighted by Crippen LogP contribution is -2.15. The number of H-pyrrole nitrogens is 1. The average molecular weight is 363 g/mol. The Morgan fingerprint density at radius 1 is 1.38 bits per heavy atom. The number of carbonyl (C=O) groups is 1. The summed E-state index contributed by atoms with van der Waals surface area (Å²) in [6.45, 7) is 4.33. The summed E-state index contributed by atoms with van der Waals surface area (Å²) in [5.74, 6) is 0.312. The second-order valence-corrected chi connectivity index (χ2v) is 6.64. The highest BCUT2D eigenvalue weighted by molar-refractivity contribution is 7.15. The molecule has 124 valence electrons. The van der Waals surface area contributed by atoms with E-state index in [1.54, 1.807) is 29.5 Å². The van der Waals surface area contributed by atoms with Crippen LogP contribution >= 0.6 is 22.9 Å². The van der Waals surface area contributed by atoms with Gasteiger partial charge in [-0.05, 0) is 32.0 Å². The van der Waals surface area contributed by atoms with Crippen LogP contribution in [0.5, 0.6) is 5.88 Å². The van der Waals surface area contributed by atoms with Gasteiger partial charge in [-0.2, -0.15) is 5.10 Å². The minimum atomic E-state index is -0.443. The lowest BCUT2D eigenvalue weighted by molar-refractivity contribution is 0.102. The number of anilines is 1. The van der Waals surface area contributed by atoms with E-state index in [1.165, 1.54) is 4.88 Å². The van der Waals surface area contributed by atoms with Crippen LogP contribution in [-0.4, -0.2) is 27.7 Å². The van der Waals surface area contributed by atoms with Crippen LogP contribution in [0.3, 0.4) is 0 Å². The Hall–Kier alpha value is -2.38. The molecular weight excluding hydrogens is 348 g/mol. The van der Waals surface area contributed by atoms with E-state index >= 15 is 0 Å². The minimum Gasteiger partial charge on any atom is -0.478 e. The van der Waals surface area contributed by atoms with E-state index < -0.39 is 5.91 Å². The van der Waals surface area contributed by atoms with Crippen LogP contribution in [0.25, 0.3) is 10.6 Å². The van der Waals surface area contributed by atoms with E-state index in [0.717, 1.165) is 10.6 Å². The van der Waals surface area contributed by atoms with Crippen molar-refractivity contribution in [3.05, 3.63) is 45.9 Å². The number of nitrogens with zero attached hydrogens (tertiary/aromatic N) is 2. The molecule has 0 radical (unpaired) electrons. The maximum atomic E-state index is 12.4. The van der Waals surface area contributed by atoms with Crippen molar-refractivity contribution in [1.29, 1.82) is 0 Å². The molecule has 2 N–H and O–H groups in total. The molecule has 24 heavy (non-hydrogen) atoms. The van der Waals surface area contributed by atoms with E-state index in [9.17, 15) is 4.79 Å². The van der Waals surface area contributed by atoms with Gasteiger partial charge in [-0.15, -0.1) is 11.3 Å². The van der Waals surface area contributed by atoms with Gasteiger partial charge in [0.25, 0.3) is 5.91 Å². The highest BCUT2D eigenvalue weighted by atomic mass is 35.5. The van der Waals surface area contributed by atoms with Gasteiger partial charge in [0, 0.05) is 17.0 Å². The van der Waals surface area contributed by atoms with E-state index in [-0.39, 0.29) is 10.7 Å². The predicted molar refractivity (Wildman–Crippen MR) is 95.0 cm³/mol. The van der Waals surface area contributed by atoms with E-state index in [1.807, 2.05) is 26.0 Å². The zero-order chi connectivity index (χ0) is 17.1. The van der Waals surface area contributed by atoms with Crippen LogP contribution in [0.2, 0.25) is 5.02 Å². The minimum absolute atomic E-state index is 0.0964. The quantitative estimate of drug-likeness (QED) is 0.714. The van der Waals surface area contributed by atoms with Crippen LogP contribution in [0.1, 0.15) is 22.3 Å². The Morgan fingerprint density at radius 2 is 2.21 bits per heavy atom. The number of hydrogen-bond acceptors (Lipinski definition) is 5. The van der Waals surface area contributed by atoms with Crippen molar-refractivity contribution in [2.75, 3.05) is 11.9 Å². The van der Waals surface area contributed by atoms with Crippen LogP contribution in [0, 0.1) is 6.92 Å². The second-order valence-electron chi connectivity index (χ2n) is 4.94. The van der Waals surface area contributed by atoms with Crippen molar-refractivity contribution in [3.63, 3.8) is 0 Å². The molecule has 0 fully saturated rings. The molecule has 0 aliphatic heterocycles. The number of thiophene rings is 1. The molecule has 0 bridgehead atoms. The smallest absolute Gasteiger partial charge is 0.277 e. The van der Waals surface area contributed by atoms with Crippen LogP contribution < -0.4 is 10.1 Å². The van der Waals surface area contributed by atoms with Crippen molar-refractivity contribution in [2.24, 2.45) is 0 Å². The SMILES string of the molecule is CCOc1ccc(Cl)c(C(=O)Nc2cc(-c3ccc(C)s3)[nH]n2)n1. The van der Waals surface area contributed by atoms with Crippen molar-refractivity contribution < 1.29 is 9.53 Å². The number of aryl methyl sites for hydroxylation is 1. The first kappa shape index (κ1) is 16.5. The van der Waals surface area contributed by atoms with Gasteiger partial charge in [0.1, 0.15) is 0 Å². The summed E-state index contributed by atoms with van der Waals surface area (Å²) in [4.78, 5) is 18.8. The third-order valence-corrected chi connectivity index (χ3v) is 4.49. The third kappa shape index (κ3) is 3.58. The van der Waals surface area contributed by atoms with Gasteiger partial charge in [0.05, 0.1) is 22.2 Å². The van der Waals surface area contributed by atoms with Crippen molar-refractivity contribution in [2.45, 2.75) is 13.8 Å². The highest BCUT2D eigenvalue weighted by Crippen LogP contribution is 2.27. The number of carbonyl (C=O) groups excluding carboxylic acids is 1. The monoisotopic (exact) mass is 362 g/mol. The lowest BCUT2D eigenvalue weighted by atomic mass is 10.3. The summed E-state index contributed by atoms with van der Waals surface area (Å²) < 4.78 is 5.30. The van der Waals surface area contributed by atoms with Gasteiger partial charge < -0.3 is 10.1 Å². The maximum absolute atomic E-state index is 12.4. The molecule has 0 saturated heterocycles. The topological polar surface area (TPSA) is 79.9 Å². The normalized spacial score (nSPS) is 10.6. The first-order valence-electron chi connectivity index (χ1n) is 7.29. The summed E-state index contributed by atoms with van der Waals surface area (Å²) >= 11 is 7.70. The number of aromatic amines is 1. The van der Waals surface area contributed by atoms with Gasteiger partial charge in [0.15, 0.2) is 11.5 Å². The first-order valence-corrected chi connectivity index (χ1v) is 8.49. The molecule has 3 aromatic rings. The molecular formula is C16H15ClN4O2S. The fourth-order valence-electron chi connectivity index (χ4n) is 2.08. The molecule has 0 atom stereocenters. The molecule has 0 unspecified atom stereocenters. The summed E-state index contributed by atoms with van der Waals surface area (Å²) in [6, 6.07) is 9.00. The maximum Gasteiger partial charge on any atom is 0.277 e. The van der Waals surface area contributed by atoms with Crippen molar-refractivity contribution in [1.82, 2.24) is 15.2 Å². The van der Waals surface area contributed by atoms with E-state index in [4.69, 9.17) is 16.3 Å². The Morgan fingerprint density at radius 3 is 2.92 bits per heavy atom.